The van der Waals surface area contributed by atoms with Crippen molar-refractivity contribution in [1.29, 1.82) is 0 Å². The molecule has 0 aromatic heterocycles. The largest absolute Gasteiger partial charge is 0.342 e. The lowest BCUT2D eigenvalue weighted by Gasteiger charge is -2.30. The Morgan fingerprint density at radius 1 is 1.00 bits per heavy atom. The minimum absolute atomic E-state index is 0.353. The Balaban J connectivity index is 1.48. The number of nitrogens with zero attached hydrogens (tertiary/aromatic N) is 2. The number of carbonyl (C=O) groups excluding carboxylic acids is 1. The lowest BCUT2D eigenvalue weighted by Crippen LogP contribution is -2.43. The second kappa shape index (κ2) is 4.78. The highest BCUT2D eigenvalue weighted by Gasteiger charge is 2.22. The quantitative estimate of drug-likeness (QED) is 0.485. The summed E-state index contributed by atoms with van der Waals surface area (Å²) in [4.78, 5) is 15.5. The fourth-order valence-electron chi connectivity index (χ4n) is 2.24. The summed E-state index contributed by atoms with van der Waals surface area (Å²) in [5, 5.41) is 0. The monoisotopic (exact) mass is 196 g/mol. The number of carbonyl (C=O) groups is 1. The Kier molecular flexibility index (Phi) is 3.40. The van der Waals surface area contributed by atoms with Gasteiger partial charge in [-0.25, -0.2) is 0 Å². The summed E-state index contributed by atoms with van der Waals surface area (Å²) in [5.74, 6) is 0.353. The molecule has 0 spiro atoms. The molecule has 0 aromatic rings. The first-order chi connectivity index (χ1) is 6.86. The zero-order chi connectivity index (χ0) is 9.80. The summed E-state index contributed by atoms with van der Waals surface area (Å²) in [5.41, 5.74) is 0. The van der Waals surface area contributed by atoms with Crippen molar-refractivity contribution < 1.29 is 4.79 Å². The van der Waals surface area contributed by atoms with Crippen LogP contribution in [0.2, 0.25) is 0 Å². The van der Waals surface area contributed by atoms with Crippen molar-refractivity contribution in [1.82, 2.24) is 9.80 Å². The molecule has 0 N–H and O–H groups in total. The van der Waals surface area contributed by atoms with Crippen molar-refractivity contribution in [2.45, 2.75) is 32.1 Å². The number of likely N-dealkylation sites (tertiary alicyclic amines) is 2. The predicted octanol–water partition coefficient (Wildman–Crippen LogP) is 1.09. The molecule has 0 bridgehead atoms. The predicted molar refractivity (Wildman–Crippen MR) is 56.1 cm³/mol. The van der Waals surface area contributed by atoms with Crippen LogP contribution in [0, 0.1) is 0 Å². The van der Waals surface area contributed by atoms with E-state index in [0.29, 0.717) is 5.91 Å². The van der Waals surface area contributed by atoms with Crippen molar-refractivity contribution in [3.63, 3.8) is 0 Å². The van der Waals surface area contributed by atoms with Gasteiger partial charge in [-0.1, -0.05) is 0 Å². The summed E-state index contributed by atoms with van der Waals surface area (Å²) in [6.45, 7) is 5.82. The van der Waals surface area contributed by atoms with Crippen molar-refractivity contribution >= 4 is 5.91 Å². The second-order valence-corrected chi connectivity index (χ2v) is 4.39. The van der Waals surface area contributed by atoms with Crippen LogP contribution in [0.3, 0.4) is 0 Å². The van der Waals surface area contributed by atoms with Crippen LogP contribution in [0.15, 0.2) is 0 Å². The standard InChI is InChI=1S/C11H20N2O/c14-11-5-10-13(11)9-4-3-8-12-6-1-2-7-12/h1-10H2. The van der Waals surface area contributed by atoms with E-state index in [1.165, 1.54) is 45.3 Å². The van der Waals surface area contributed by atoms with E-state index < -0.39 is 0 Å². The highest BCUT2D eigenvalue weighted by molar-refractivity contribution is 5.81. The van der Waals surface area contributed by atoms with Gasteiger partial charge in [-0.15, -0.1) is 0 Å². The van der Waals surface area contributed by atoms with Gasteiger partial charge in [0.15, 0.2) is 0 Å². The van der Waals surface area contributed by atoms with Crippen molar-refractivity contribution in [3.05, 3.63) is 0 Å². The van der Waals surface area contributed by atoms with Gasteiger partial charge in [0.1, 0.15) is 0 Å². The van der Waals surface area contributed by atoms with Gasteiger partial charge in [-0.3, -0.25) is 4.79 Å². The fourth-order valence-corrected chi connectivity index (χ4v) is 2.24. The van der Waals surface area contributed by atoms with E-state index in [9.17, 15) is 4.79 Å². The number of hydrogen-bond acceptors (Lipinski definition) is 2. The molecule has 0 saturated carbocycles. The van der Waals surface area contributed by atoms with Gasteiger partial charge in [0.05, 0.1) is 0 Å². The lowest BCUT2D eigenvalue weighted by molar-refractivity contribution is -0.139. The molecule has 2 aliphatic rings. The third-order valence-electron chi connectivity index (χ3n) is 3.30. The maximum absolute atomic E-state index is 11.0. The topological polar surface area (TPSA) is 23.6 Å². The summed E-state index contributed by atoms with van der Waals surface area (Å²) >= 11 is 0. The van der Waals surface area contributed by atoms with Crippen LogP contribution in [0.25, 0.3) is 0 Å². The summed E-state index contributed by atoms with van der Waals surface area (Å²) < 4.78 is 0. The van der Waals surface area contributed by atoms with Crippen molar-refractivity contribution in [2.24, 2.45) is 0 Å². The number of hydrogen-bond donors (Lipinski definition) is 0. The molecule has 3 heteroatoms. The Hall–Kier alpha value is -0.570. The highest BCUT2D eigenvalue weighted by atomic mass is 16.2. The van der Waals surface area contributed by atoms with E-state index in [-0.39, 0.29) is 0 Å². The summed E-state index contributed by atoms with van der Waals surface area (Å²) in [6, 6.07) is 0. The molecule has 80 valence electrons. The van der Waals surface area contributed by atoms with Crippen molar-refractivity contribution in [3.8, 4) is 0 Å². The van der Waals surface area contributed by atoms with E-state index in [4.69, 9.17) is 0 Å². The Bertz CT molecular complexity index is 199. The molecule has 3 nitrogen and oxygen atoms in total. The zero-order valence-electron chi connectivity index (χ0n) is 8.87. The van der Waals surface area contributed by atoms with E-state index in [1.807, 2.05) is 4.90 Å². The van der Waals surface area contributed by atoms with Gasteiger partial charge in [-0.2, -0.15) is 0 Å². The fraction of sp³-hybridized carbons (Fsp3) is 0.909. The number of unbranched alkanes of at least 4 members (excludes halogenated alkanes) is 1. The molecular formula is C11H20N2O. The third kappa shape index (κ3) is 2.47. The summed E-state index contributed by atoms with van der Waals surface area (Å²) in [6.07, 6.45) is 5.98. The van der Waals surface area contributed by atoms with Gasteiger partial charge in [0.2, 0.25) is 5.91 Å². The van der Waals surface area contributed by atoms with E-state index in [2.05, 4.69) is 4.90 Å². The number of amides is 1. The molecule has 2 saturated heterocycles. The van der Waals surface area contributed by atoms with Crippen molar-refractivity contribution in [2.75, 3.05) is 32.7 Å². The van der Waals surface area contributed by atoms with Crippen LogP contribution >= 0.6 is 0 Å². The minimum atomic E-state index is 0.353. The first-order valence-electron chi connectivity index (χ1n) is 5.86. The Morgan fingerprint density at radius 3 is 2.29 bits per heavy atom. The molecule has 2 aliphatic heterocycles. The molecule has 14 heavy (non-hydrogen) atoms. The Labute approximate surface area is 86.1 Å². The molecule has 0 atom stereocenters. The second-order valence-electron chi connectivity index (χ2n) is 4.39. The number of β-lactam (4-membered cyclic amide) rings is 1. The average molecular weight is 196 g/mol. The lowest BCUT2D eigenvalue weighted by atomic mass is 10.2. The first kappa shape index (κ1) is 9.97. The SMILES string of the molecule is O=C1CCN1CCCCN1CCCC1. The Morgan fingerprint density at radius 2 is 1.71 bits per heavy atom. The van der Waals surface area contributed by atoms with E-state index >= 15 is 0 Å². The molecule has 0 radical (unpaired) electrons. The van der Waals surface area contributed by atoms with Crippen LogP contribution in [0.1, 0.15) is 32.1 Å². The third-order valence-corrected chi connectivity index (χ3v) is 3.30. The van der Waals surface area contributed by atoms with Crippen LogP contribution in [-0.4, -0.2) is 48.4 Å². The van der Waals surface area contributed by atoms with Crippen LogP contribution in [0.4, 0.5) is 0 Å². The average Bonchev–Trinajstić information content (AvgIpc) is 2.68. The smallest absolute Gasteiger partial charge is 0.224 e. The molecule has 2 heterocycles. The normalized spacial score (nSPS) is 22.9. The molecule has 1 amide bonds. The van der Waals surface area contributed by atoms with Crippen LogP contribution in [0.5, 0.6) is 0 Å². The maximum Gasteiger partial charge on any atom is 0.224 e. The first-order valence-corrected chi connectivity index (χ1v) is 5.86. The van der Waals surface area contributed by atoms with Gasteiger partial charge < -0.3 is 9.80 Å². The molecular weight excluding hydrogens is 176 g/mol. The minimum Gasteiger partial charge on any atom is -0.342 e. The van der Waals surface area contributed by atoms with E-state index in [0.717, 1.165) is 19.5 Å². The molecule has 0 unspecified atom stereocenters. The van der Waals surface area contributed by atoms with Gasteiger partial charge in [-0.05, 0) is 45.3 Å². The molecule has 0 aromatic carbocycles. The summed E-state index contributed by atoms with van der Waals surface area (Å²) in [7, 11) is 0. The number of rotatable bonds is 5. The molecule has 2 rings (SSSR count). The van der Waals surface area contributed by atoms with E-state index in [1.54, 1.807) is 0 Å². The zero-order valence-corrected chi connectivity index (χ0v) is 8.87. The van der Waals surface area contributed by atoms with Gasteiger partial charge in [0, 0.05) is 19.5 Å². The highest BCUT2D eigenvalue weighted by Crippen LogP contribution is 2.11. The molecule has 0 aliphatic carbocycles. The van der Waals surface area contributed by atoms with Gasteiger partial charge >= 0.3 is 0 Å². The molecule has 2 fully saturated rings. The maximum atomic E-state index is 11.0. The van der Waals surface area contributed by atoms with Crippen LogP contribution < -0.4 is 0 Å². The van der Waals surface area contributed by atoms with Crippen LogP contribution in [-0.2, 0) is 4.79 Å². The van der Waals surface area contributed by atoms with Gasteiger partial charge in [0.25, 0.3) is 0 Å².